The van der Waals surface area contributed by atoms with Gasteiger partial charge in [0.2, 0.25) is 23.6 Å². The van der Waals surface area contributed by atoms with Crippen LogP contribution in [0.2, 0.25) is 0 Å². The van der Waals surface area contributed by atoms with Crippen molar-refractivity contribution in [3.05, 3.63) is 29.8 Å². The SMILES string of the molecule is CC(C)C(NC(=O)CCCCNC(=O)CCl)C(=O)N[C@@H](CCCNC(N)=O)C(=O)Nc1ccc(COC(=O)C(C)(C)C)cc1. The lowest BCUT2D eigenvalue weighted by molar-refractivity contribution is -0.154. The molecule has 0 aliphatic rings. The Balaban J connectivity index is 2.83. The second kappa shape index (κ2) is 19.4. The Morgan fingerprint density at radius 1 is 0.864 bits per heavy atom. The number of anilines is 1. The van der Waals surface area contributed by atoms with E-state index in [9.17, 15) is 28.8 Å². The van der Waals surface area contributed by atoms with Crippen LogP contribution >= 0.6 is 11.6 Å². The van der Waals surface area contributed by atoms with Gasteiger partial charge in [-0.15, -0.1) is 11.6 Å². The number of rotatable bonds is 18. The summed E-state index contributed by atoms with van der Waals surface area (Å²) >= 11 is 5.44. The van der Waals surface area contributed by atoms with E-state index in [1.807, 2.05) is 0 Å². The van der Waals surface area contributed by atoms with Gasteiger partial charge in [0.05, 0.1) is 5.41 Å². The summed E-state index contributed by atoms with van der Waals surface area (Å²) in [7, 11) is 0. The van der Waals surface area contributed by atoms with Crippen LogP contribution in [0.15, 0.2) is 24.3 Å². The molecule has 0 saturated carbocycles. The first-order chi connectivity index (χ1) is 20.6. The molecular formula is C30H47ClN6O7. The quantitative estimate of drug-likeness (QED) is 0.0805. The number of nitrogens with one attached hydrogen (secondary N) is 5. The predicted octanol–water partition coefficient (Wildman–Crippen LogP) is 2.31. The predicted molar refractivity (Wildman–Crippen MR) is 167 cm³/mol. The minimum atomic E-state index is -0.978. The number of primary amides is 1. The molecule has 0 aromatic heterocycles. The fourth-order valence-electron chi connectivity index (χ4n) is 3.79. The Kier molecular flexibility index (Phi) is 16.8. The molecule has 246 valence electrons. The number of hydrogen-bond donors (Lipinski definition) is 6. The van der Waals surface area contributed by atoms with Gasteiger partial charge in [0.15, 0.2) is 0 Å². The molecule has 1 aromatic rings. The molecule has 7 N–H and O–H groups in total. The smallest absolute Gasteiger partial charge is 0.312 e. The maximum atomic E-state index is 13.3. The number of ether oxygens (including phenoxy) is 1. The van der Waals surface area contributed by atoms with Crippen LogP contribution < -0.4 is 32.3 Å². The van der Waals surface area contributed by atoms with Gasteiger partial charge in [-0.05, 0) is 70.1 Å². The van der Waals surface area contributed by atoms with Gasteiger partial charge in [-0.3, -0.25) is 24.0 Å². The summed E-state index contributed by atoms with van der Waals surface area (Å²) in [5, 5.41) is 13.3. The maximum Gasteiger partial charge on any atom is 0.312 e. The van der Waals surface area contributed by atoms with E-state index in [-0.39, 0.29) is 55.6 Å². The number of amides is 6. The zero-order valence-electron chi connectivity index (χ0n) is 26.2. The molecule has 0 saturated heterocycles. The van der Waals surface area contributed by atoms with Gasteiger partial charge in [-0.25, -0.2) is 4.79 Å². The van der Waals surface area contributed by atoms with E-state index in [4.69, 9.17) is 22.1 Å². The number of urea groups is 1. The first kappa shape index (κ1) is 38.2. The molecule has 0 heterocycles. The van der Waals surface area contributed by atoms with Crippen molar-refractivity contribution in [1.82, 2.24) is 21.3 Å². The molecule has 1 unspecified atom stereocenters. The molecule has 1 rings (SSSR count). The molecule has 6 amide bonds. The average molecular weight is 639 g/mol. The number of benzene rings is 1. The van der Waals surface area contributed by atoms with Gasteiger partial charge in [-0.1, -0.05) is 26.0 Å². The van der Waals surface area contributed by atoms with Crippen LogP contribution in [-0.2, 0) is 35.3 Å². The second-order valence-corrected chi connectivity index (χ2v) is 12.0. The Morgan fingerprint density at radius 3 is 2.07 bits per heavy atom. The summed E-state index contributed by atoms with van der Waals surface area (Å²) in [6.07, 6.45) is 1.75. The zero-order valence-corrected chi connectivity index (χ0v) is 27.0. The Hall–Kier alpha value is -3.87. The maximum absolute atomic E-state index is 13.3. The van der Waals surface area contributed by atoms with Crippen LogP contribution in [0.5, 0.6) is 0 Å². The van der Waals surface area contributed by atoms with Gasteiger partial charge in [0, 0.05) is 25.2 Å². The van der Waals surface area contributed by atoms with Gasteiger partial charge in [0.25, 0.3) is 0 Å². The van der Waals surface area contributed by atoms with Crippen LogP contribution in [0.4, 0.5) is 10.5 Å². The molecule has 0 bridgehead atoms. The van der Waals surface area contributed by atoms with E-state index in [0.717, 1.165) is 5.56 Å². The van der Waals surface area contributed by atoms with E-state index in [2.05, 4.69) is 26.6 Å². The number of hydrogen-bond acceptors (Lipinski definition) is 7. The standard InChI is InChI=1S/C30H47ClN6O7/c1-19(2)25(37-23(38)10-6-7-15-33-24(39)17-31)27(41)36-22(9-8-16-34-29(32)43)26(40)35-21-13-11-20(12-14-21)18-44-28(42)30(3,4)5/h11-14,19,22,25H,6-10,15-18H2,1-5H3,(H,33,39)(H,35,40)(H,36,41)(H,37,38)(H3,32,34,43)/t22-,25?/m0/s1. The van der Waals surface area contributed by atoms with Crippen molar-refractivity contribution in [3.8, 4) is 0 Å². The summed E-state index contributed by atoms with van der Waals surface area (Å²) in [6.45, 7) is 9.52. The highest BCUT2D eigenvalue weighted by Crippen LogP contribution is 2.18. The Labute approximate surface area is 264 Å². The molecule has 0 spiro atoms. The lowest BCUT2D eigenvalue weighted by atomic mass is 9.97. The number of carbonyl (C=O) groups excluding carboxylic acids is 6. The first-order valence-electron chi connectivity index (χ1n) is 14.7. The van der Waals surface area contributed by atoms with E-state index < -0.39 is 35.3 Å². The van der Waals surface area contributed by atoms with Crippen molar-refractivity contribution in [3.63, 3.8) is 0 Å². The molecule has 0 fully saturated rings. The number of nitrogens with two attached hydrogens (primary N) is 1. The van der Waals surface area contributed by atoms with Crippen LogP contribution in [-0.4, -0.2) is 66.7 Å². The number of halogens is 1. The summed E-state index contributed by atoms with van der Waals surface area (Å²) in [4.78, 5) is 73.3. The lowest BCUT2D eigenvalue weighted by Crippen LogP contribution is -2.54. The summed E-state index contributed by atoms with van der Waals surface area (Å²) in [5.74, 6) is -2.37. The van der Waals surface area contributed by atoms with Crippen LogP contribution in [0, 0.1) is 11.3 Å². The Bertz CT molecular complexity index is 1120. The summed E-state index contributed by atoms with van der Waals surface area (Å²) in [6, 6.07) is 4.17. The van der Waals surface area contributed by atoms with Crippen molar-refractivity contribution < 1.29 is 33.5 Å². The second-order valence-electron chi connectivity index (χ2n) is 11.7. The van der Waals surface area contributed by atoms with Crippen molar-refractivity contribution in [2.75, 3.05) is 24.3 Å². The molecule has 2 atom stereocenters. The Morgan fingerprint density at radius 2 is 1.50 bits per heavy atom. The van der Waals surface area contributed by atoms with E-state index in [0.29, 0.717) is 31.5 Å². The van der Waals surface area contributed by atoms with Gasteiger partial charge in [0.1, 0.15) is 24.6 Å². The highest BCUT2D eigenvalue weighted by Gasteiger charge is 2.29. The molecule has 1 aromatic carbocycles. The van der Waals surface area contributed by atoms with Crippen LogP contribution in [0.3, 0.4) is 0 Å². The molecule has 0 aliphatic carbocycles. The van der Waals surface area contributed by atoms with E-state index >= 15 is 0 Å². The minimum Gasteiger partial charge on any atom is -0.460 e. The monoisotopic (exact) mass is 638 g/mol. The number of unbranched alkanes of at least 4 members (excludes halogenated alkanes) is 1. The number of esters is 1. The molecule has 14 heteroatoms. The largest absolute Gasteiger partial charge is 0.460 e. The zero-order chi connectivity index (χ0) is 33.3. The fourth-order valence-corrected chi connectivity index (χ4v) is 3.89. The van der Waals surface area contributed by atoms with Crippen molar-refractivity contribution in [2.24, 2.45) is 17.1 Å². The van der Waals surface area contributed by atoms with E-state index in [1.165, 1.54) is 0 Å². The van der Waals surface area contributed by atoms with Gasteiger partial charge >= 0.3 is 12.0 Å². The third-order valence-corrected chi connectivity index (χ3v) is 6.59. The normalized spacial score (nSPS) is 12.4. The highest BCUT2D eigenvalue weighted by atomic mass is 35.5. The van der Waals surface area contributed by atoms with Crippen molar-refractivity contribution >= 4 is 52.9 Å². The third-order valence-electron chi connectivity index (χ3n) is 6.35. The minimum absolute atomic E-state index is 0.0861. The van der Waals surface area contributed by atoms with Crippen molar-refractivity contribution in [1.29, 1.82) is 0 Å². The molecule has 0 radical (unpaired) electrons. The third kappa shape index (κ3) is 15.6. The molecule has 0 aliphatic heterocycles. The fraction of sp³-hybridized carbons (Fsp3) is 0.600. The van der Waals surface area contributed by atoms with Gasteiger partial charge < -0.3 is 37.1 Å². The topological polar surface area (TPSA) is 198 Å². The number of carbonyl (C=O) groups is 6. The molecule has 13 nitrogen and oxygen atoms in total. The van der Waals surface area contributed by atoms with Crippen LogP contribution in [0.25, 0.3) is 0 Å². The van der Waals surface area contributed by atoms with E-state index in [1.54, 1.807) is 58.9 Å². The van der Waals surface area contributed by atoms with Gasteiger partial charge in [-0.2, -0.15) is 0 Å². The summed E-state index contributed by atoms with van der Waals surface area (Å²) < 4.78 is 5.32. The molecule has 44 heavy (non-hydrogen) atoms. The van der Waals surface area contributed by atoms with Crippen molar-refractivity contribution in [2.45, 2.75) is 85.4 Å². The first-order valence-corrected chi connectivity index (χ1v) is 15.2. The summed E-state index contributed by atoms with van der Waals surface area (Å²) in [5.41, 5.74) is 5.70. The average Bonchev–Trinajstić information content (AvgIpc) is 2.95. The van der Waals surface area contributed by atoms with Crippen LogP contribution in [0.1, 0.15) is 72.3 Å². The molecular weight excluding hydrogens is 592 g/mol. The number of alkyl halides is 1. The highest BCUT2D eigenvalue weighted by molar-refractivity contribution is 6.27. The lowest BCUT2D eigenvalue weighted by Gasteiger charge is -2.25.